The minimum Gasteiger partial charge on any atom is -0.368 e. The van der Waals surface area contributed by atoms with Gasteiger partial charge in [-0.1, -0.05) is 20.8 Å². The maximum absolute atomic E-state index is 12.4. The maximum atomic E-state index is 12.4. The number of amides is 1. The summed E-state index contributed by atoms with van der Waals surface area (Å²) >= 11 is 0. The van der Waals surface area contributed by atoms with Gasteiger partial charge in [0.1, 0.15) is 17.8 Å². The summed E-state index contributed by atoms with van der Waals surface area (Å²) in [5.74, 6) is 0.703. The van der Waals surface area contributed by atoms with Crippen molar-refractivity contribution < 1.29 is 4.79 Å². The highest BCUT2D eigenvalue weighted by atomic mass is 16.2. The smallest absolute Gasteiger partial charge is 0.272 e. The summed E-state index contributed by atoms with van der Waals surface area (Å²) in [5.41, 5.74) is 0.465. The Bertz CT molecular complexity index is 416. The SMILES string of the molecule is CCCN(CCC)C(=O)c1cc(NC(C)CC)ncn1. The molecule has 0 saturated carbocycles. The van der Waals surface area contributed by atoms with Gasteiger partial charge in [0.25, 0.3) is 5.91 Å². The van der Waals surface area contributed by atoms with Crippen molar-refractivity contribution in [3.63, 3.8) is 0 Å². The van der Waals surface area contributed by atoms with Crippen LogP contribution in [0.1, 0.15) is 57.4 Å². The number of hydrogen-bond donors (Lipinski definition) is 1. The second-order valence-electron chi connectivity index (χ2n) is 5.03. The summed E-state index contributed by atoms with van der Waals surface area (Å²) in [5, 5.41) is 3.27. The zero-order chi connectivity index (χ0) is 15.0. The van der Waals surface area contributed by atoms with Crippen molar-refractivity contribution in [1.29, 1.82) is 0 Å². The van der Waals surface area contributed by atoms with E-state index in [0.717, 1.165) is 32.4 Å². The summed E-state index contributed by atoms with van der Waals surface area (Å²) < 4.78 is 0. The fourth-order valence-electron chi connectivity index (χ4n) is 1.92. The van der Waals surface area contributed by atoms with E-state index in [1.807, 2.05) is 4.90 Å². The van der Waals surface area contributed by atoms with Crippen molar-refractivity contribution in [3.05, 3.63) is 18.1 Å². The monoisotopic (exact) mass is 278 g/mol. The third-order valence-electron chi connectivity index (χ3n) is 3.17. The molecule has 20 heavy (non-hydrogen) atoms. The Kier molecular flexibility index (Phi) is 6.98. The van der Waals surface area contributed by atoms with Gasteiger partial charge in [-0.25, -0.2) is 9.97 Å². The van der Waals surface area contributed by atoms with E-state index < -0.39 is 0 Å². The molecule has 1 atom stereocenters. The van der Waals surface area contributed by atoms with Gasteiger partial charge >= 0.3 is 0 Å². The largest absolute Gasteiger partial charge is 0.368 e. The highest BCUT2D eigenvalue weighted by molar-refractivity contribution is 5.92. The van der Waals surface area contributed by atoms with Gasteiger partial charge in [0.15, 0.2) is 0 Å². The summed E-state index contributed by atoms with van der Waals surface area (Å²) in [6, 6.07) is 2.07. The number of carbonyl (C=O) groups is 1. The van der Waals surface area contributed by atoms with Crippen LogP contribution in [0.2, 0.25) is 0 Å². The molecule has 0 radical (unpaired) electrons. The lowest BCUT2D eigenvalue weighted by Crippen LogP contribution is -2.33. The number of nitrogens with one attached hydrogen (secondary N) is 1. The predicted molar refractivity (Wildman–Crippen MR) is 81.9 cm³/mol. The first-order valence-corrected chi connectivity index (χ1v) is 7.50. The van der Waals surface area contributed by atoms with Crippen LogP contribution in [-0.4, -0.2) is 39.9 Å². The molecule has 5 heteroatoms. The van der Waals surface area contributed by atoms with Crippen LogP contribution >= 0.6 is 0 Å². The molecule has 0 bridgehead atoms. The van der Waals surface area contributed by atoms with Gasteiger partial charge in [0.05, 0.1) is 0 Å². The van der Waals surface area contributed by atoms with Gasteiger partial charge in [0, 0.05) is 25.2 Å². The van der Waals surface area contributed by atoms with E-state index in [1.54, 1.807) is 6.07 Å². The Balaban J connectivity index is 2.83. The number of anilines is 1. The predicted octanol–water partition coefficient (Wildman–Crippen LogP) is 2.95. The third kappa shape index (κ3) is 4.79. The molecule has 1 rings (SSSR count). The maximum Gasteiger partial charge on any atom is 0.272 e. The molecule has 1 aromatic rings. The molecular formula is C15H26N4O. The average Bonchev–Trinajstić information content (AvgIpc) is 2.46. The molecule has 1 N–H and O–H groups in total. The summed E-state index contributed by atoms with van der Waals surface area (Å²) in [7, 11) is 0. The van der Waals surface area contributed by atoms with E-state index in [4.69, 9.17) is 0 Å². The first-order chi connectivity index (χ1) is 9.62. The molecule has 0 spiro atoms. The standard InChI is InChI=1S/C15H26N4O/c1-5-8-19(9-6-2)15(20)13-10-14(17-11-16-13)18-12(4)7-3/h10-12H,5-9H2,1-4H3,(H,16,17,18). The lowest BCUT2D eigenvalue weighted by Gasteiger charge is -2.21. The Morgan fingerprint density at radius 1 is 1.25 bits per heavy atom. The van der Waals surface area contributed by atoms with E-state index in [1.165, 1.54) is 6.33 Å². The lowest BCUT2D eigenvalue weighted by molar-refractivity contribution is 0.0749. The van der Waals surface area contributed by atoms with Gasteiger partial charge in [-0.05, 0) is 26.2 Å². The first-order valence-electron chi connectivity index (χ1n) is 7.50. The van der Waals surface area contributed by atoms with Crippen molar-refractivity contribution in [1.82, 2.24) is 14.9 Å². The van der Waals surface area contributed by atoms with Gasteiger partial charge in [-0.3, -0.25) is 4.79 Å². The molecule has 1 heterocycles. The van der Waals surface area contributed by atoms with E-state index in [0.29, 0.717) is 17.6 Å². The second kappa shape index (κ2) is 8.51. The first kappa shape index (κ1) is 16.4. The van der Waals surface area contributed by atoms with Crippen LogP contribution < -0.4 is 5.32 Å². The zero-order valence-corrected chi connectivity index (χ0v) is 13.0. The molecule has 112 valence electrons. The van der Waals surface area contributed by atoms with Gasteiger partial charge in [0.2, 0.25) is 0 Å². The Labute approximate surface area is 121 Å². The van der Waals surface area contributed by atoms with Crippen molar-refractivity contribution >= 4 is 11.7 Å². The second-order valence-corrected chi connectivity index (χ2v) is 5.03. The van der Waals surface area contributed by atoms with Gasteiger partial charge < -0.3 is 10.2 Å². The van der Waals surface area contributed by atoms with Crippen LogP contribution in [0.3, 0.4) is 0 Å². The molecule has 0 aliphatic rings. The molecule has 0 fully saturated rings. The minimum absolute atomic E-state index is 0.0108. The molecule has 1 unspecified atom stereocenters. The van der Waals surface area contributed by atoms with Crippen LogP contribution in [0.25, 0.3) is 0 Å². The summed E-state index contributed by atoms with van der Waals surface area (Å²) in [4.78, 5) is 22.6. The number of aromatic nitrogens is 2. The average molecular weight is 278 g/mol. The Hall–Kier alpha value is -1.65. The normalized spacial score (nSPS) is 12.0. The highest BCUT2D eigenvalue weighted by Gasteiger charge is 2.16. The molecule has 5 nitrogen and oxygen atoms in total. The van der Waals surface area contributed by atoms with Crippen molar-refractivity contribution in [2.24, 2.45) is 0 Å². The topological polar surface area (TPSA) is 58.1 Å². The third-order valence-corrected chi connectivity index (χ3v) is 3.17. The van der Waals surface area contributed by atoms with E-state index in [2.05, 4.69) is 43.0 Å². The van der Waals surface area contributed by atoms with E-state index >= 15 is 0 Å². The fraction of sp³-hybridized carbons (Fsp3) is 0.667. The molecule has 0 saturated heterocycles. The van der Waals surface area contributed by atoms with Crippen LogP contribution in [-0.2, 0) is 0 Å². The lowest BCUT2D eigenvalue weighted by atomic mass is 10.2. The number of rotatable bonds is 8. The van der Waals surface area contributed by atoms with Crippen molar-refractivity contribution in [2.45, 2.75) is 53.0 Å². The molecule has 1 amide bonds. The van der Waals surface area contributed by atoms with Crippen LogP contribution in [0.5, 0.6) is 0 Å². The van der Waals surface area contributed by atoms with Crippen LogP contribution in [0.4, 0.5) is 5.82 Å². The summed E-state index contributed by atoms with van der Waals surface area (Å²) in [6.07, 6.45) is 4.36. The van der Waals surface area contributed by atoms with E-state index in [9.17, 15) is 4.79 Å². The molecule has 1 aromatic heterocycles. The molecule has 0 aromatic carbocycles. The molecule has 0 aliphatic heterocycles. The minimum atomic E-state index is -0.0108. The Morgan fingerprint density at radius 3 is 2.45 bits per heavy atom. The zero-order valence-electron chi connectivity index (χ0n) is 13.0. The number of carbonyl (C=O) groups excluding carboxylic acids is 1. The van der Waals surface area contributed by atoms with Crippen LogP contribution in [0, 0.1) is 0 Å². The number of nitrogens with zero attached hydrogens (tertiary/aromatic N) is 3. The van der Waals surface area contributed by atoms with Gasteiger partial charge in [-0.15, -0.1) is 0 Å². The van der Waals surface area contributed by atoms with Crippen molar-refractivity contribution in [2.75, 3.05) is 18.4 Å². The van der Waals surface area contributed by atoms with Crippen LogP contribution in [0.15, 0.2) is 12.4 Å². The summed E-state index contributed by atoms with van der Waals surface area (Å²) in [6.45, 7) is 9.88. The molecular weight excluding hydrogens is 252 g/mol. The fourth-order valence-corrected chi connectivity index (χ4v) is 1.92. The van der Waals surface area contributed by atoms with E-state index in [-0.39, 0.29) is 5.91 Å². The van der Waals surface area contributed by atoms with Gasteiger partial charge in [-0.2, -0.15) is 0 Å². The van der Waals surface area contributed by atoms with Crippen molar-refractivity contribution in [3.8, 4) is 0 Å². The number of hydrogen-bond acceptors (Lipinski definition) is 4. The Morgan fingerprint density at radius 2 is 1.90 bits per heavy atom. The quantitative estimate of drug-likeness (QED) is 0.794. The molecule has 0 aliphatic carbocycles. The highest BCUT2D eigenvalue weighted by Crippen LogP contribution is 2.10.